The van der Waals surface area contributed by atoms with E-state index >= 15 is 0 Å². The van der Waals surface area contributed by atoms with Gasteiger partial charge in [0.15, 0.2) is 11.5 Å². The van der Waals surface area contributed by atoms with Crippen molar-refractivity contribution in [1.29, 1.82) is 5.26 Å². The molecule has 0 saturated heterocycles. The average Bonchev–Trinajstić information content (AvgIpc) is 2.92. The van der Waals surface area contributed by atoms with Crippen LogP contribution in [-0.4, -0.2) is 19.1 Å². The molecule has 192 valence electrons. The minimum Gasteiger partial charge on any atom is -0.494 e. The first-order chi connectivity index (χ1) is 18.5. The fourth-order valence-corrected chi connectivity index (χ4v) is 4.74. The maximum absolute atomic E-state index is 12.8. The van der Waals surface area contributed by atoms with Crippen LogP contribution in [0.4, 0.5) is 5.69 Å². The van der Waals surface area contributed by atoms with Gasteiger partial charge in [0.25, 0.3) is 5.91 Å². The Morgan fingerprint density at radius 2 is 1.68 bits per heavy atom. The van der Waals surface area contributed by atoms with E-state index in [9.17, 15) is 10.1 Å². The average molecular weight is 618 g/mol. The number of nitriles is 1. The van der Waals surface area contributed by atoms with Crippen molar-refractivity contribution in [2.24, 2.45) is 0 Å². The SMILES string of the molecule is CCOc1ccc(NC(=O)/C(C#N)=C\c2cc(I)c(OCc3cccc4ccccc34)c(OCC)c2)cc1. The van der Waals surface area contributed by atoms with E-state index in [0.717, 1.165) is 19.9 Å². The van der Waals surface area contributed by atoms with E-state index in [0.29, 0.717) is 48.3 Å². The van der Waals surface area contributed by atoms with Gasteiger partial charge < -0.3 is 19.5 Å². The Morgan fingerprint density at radius 1 is 0.947 bits per heavy atom. The first kappa shape index (κ1) is 27.0. The van der Waals surface area contributed by atoms with Crippen LogP contribution in [0.3, 0.4) is 0 Å². The summed E-state index contributed by atoms with van der Waals surface area (Å²) < 4.78 is 18.4. The predicted octanol–water partition coefficient (Wildman–Crippen LogP) is 7.37. The molecule has 4 aromatic carbocycles. The first-order valence-electron chi connectivity index (χ1n) is 12.2. The van der Waals surface area contributed by atoms with Crippen LogP contribution in [0.2, 0.25) is 0 Å². The van der Waals surface area contributed by atoms with Crippen LogP contribution >= 0.6 is 22.6 Å². The number of ether oxygens (including phenoxy) is 3. The highest BCUT2D eigenvalue weighted by atomic mass is 127. The molecule has 1 amide bonds. The lowest BCUT2D eigenvalue weighted by Gasteiger charge is -2.16. The molecule has 0 saturated carbocycles. The van der Waals surface area contributed by atoms with Gasteiger partial charge in [0.1, 0.15) is 24.0 Å². The number of carbonyl (C=O) groups excluding carboxylic acids is 1. The number of hydrogen-bond acceptors (Lipinski definition) is 5. The molecule has 1 N–H and O–H groups in total. The molecule has 38 heavy (non-hydrogen) atoms. The van der Waals surface area contributed by atoms with Gasteiger partial charge in [-0.15, -0.1) is 0 Å². The summed E-state index contributed by atoms with van der Waals surface area (Å²) in [7, 11) is 0. The number of carbonyl (C=O) groups is 1. The van der Waals surface area contributed by atoms with Crippen molar-refractivity contribution in [2.75, 3.05) is 18.5 Å². The molecule has 0 spiro atoms. The summed E-state index contributed by atoms with van der Waals surface area (Å²) >= 11 is 2.19. The van der Waals surface area contributed by atoms with Gasteiger partial charge in [0.2, 0.25) is 0 Å². The summed E-state index contributed by atoms with van der Waals surface area (Å²) in [6.45, 7) is 5.18. The monoisotopic (exact) mass is 618 g/mol. The van der Waals surface area contributed by atoms with Gasteiger partial charge >= 0.3 is 0 Å². The lowest BCUT2D eigenvalue weighted by atomic mass is 10.1. The third kappa shape index (κ3) is 6.64. The van der Waals surface area contributed by atoms with Gasteiger partial charge in [-0.1, -0.05) is 42.5 Å². The molecule has 4 rings (SSSR count). The van der Waals surface area contributed by atoms with Gasteiger partial charge in [-0.2, -0.15) is 5.26 Å². The highest BCUT2D eigenvalue weighted by Gasteiger charge is 2.15. The lowest BCUT2D eigenvalue weighted by Crippen LogP contribution is -2.13. The van der Waals surface area contributed by atoms with Crippen molar-refractivity contribution >= 4 is 51.0 Å². The Balaban J connectivity index is 1.55. The summed E-state index contributed by atoms with van der Waals surface area (Å²) in [5.41, 5.74) is 2.28. The van der Waals surface area contributed by atoms with E-state index in [2.05, 4.69) is 52.2 Å². The second kappa shape index (κ2) is 13.0. The number of fused-ring (bicyclic) bond motifs is 1. The number of benzene rings is 4. The Hall–Kier alpha value is -4.03. The molecule has 0 aliphatic rings. The molecule has 6 nitrogen and oxygen atoms in total. The van der Waals surface area contributed by atoms with E-state index in [4.69, 9.17) is 14.2 Å². The topological polar surface area (TPSA) is 80.6 Å². The van der Waals surface area contributed by atoms with Crippen LogP contribution in [0.5, 0.6) is 17.2 Å². The number of anilines is 1. The van der Waals surface area contributed by atoms with Gasteiger partial charge in [-0.05, 0) is 101 Å². The third-order valence-corrected chi connectivity index (χ3v) is 6.48. The summed E-state index contributed by atoms with van der Waals surface area (Å²) in [4.78, 5) is 12.8. The summed E-state index contributed by atoms with van der Waals surface area (Å²) in [6, 6.07) is 27.0. The number of halogens is 1. The fourth-order valence-electron chi connectivity index (χ4n) is 3.96. The number of amides is 1. The van der Waals surface area contributed by atoms with Gasteiger partial charge in [-0.25, -0.2) is 0 Å². The van der Waals surface area contributed by atoms with Gasteiger partial charge in [-0.3, -0.25) is 4.79 Å². The number of nitrogens with one attached hydrogen (secondary N) is 1. The molecule has 0 atom stereocenters. The molecule has 0 aliphatic carbocycles. The lowest BCUT2D eigenvalue weighted by molar-refractivity contribution is -0.112. The molecule has 0 aliphatic heterocycles. The van der Waals surface area contributed by atoms with Crippen LogP contribution in [0.1, 0.15) is 25.0 Å². The van der Waals surface area contributed by atoms with Gasteiger partial charge in [0.05, 0.1) is 16.8 Å². The molecule has 0 radical (unpaired) electrons. The molecule has 0 heterocycles. The predicted molar refractivity (Wildman–Crippen MR) is 158 cm³/mol. The van der Waals surface area contributed by atoms with Gasteiger partial charge in [0, 0.05) is 5.69 Å². The normalized spacial score (nSPS) is 11.1. The van der Waals surface area contributed by atoms with E-state index in [1.807, 2.05) is 44.2 Å². The van der Waals surface area contributed by atoms with Crippen molar-refractivity contribution in [3.05, 3.63) is 99.1 Å². The standard InChI is InChI=1S/C31H27IN2O4/c1-3-36-26-14-12-25(13-15-26)34-31(35)24(19-33)16-21-17-28(32)30(29(18-21)37-4-2)38-20-23-10-7-9-22-8-5-6-11-27(22)23/h5-18H,3-4,20H2,1-2H3,(H,34,35)/b24-16-. The van der Waals surface area contributed by atoms with Crippen LogP contribution < -0.4 is 19.5 Å². The number of rotatable bonds is 10. The van der Waals surface area contributed by atoms with E-state index in [1.54, 1.807) is 36.4 Å². The van der Waals surface area contributed by atoms with Crippen LogP contribution in [0, 0.1) is 14.9 Å². The maximum atomic E-state index is 12.8. The summed E-state index contributed by atoms with van der Waals surface area (Å²) in [5, 5.41) is 14.7. The quantitative estimate of drug-likeness (QED) is 0.114. The zero-order valence-corrected chi connectivity index (χ0v) is 23.3. The largest absolute Gasteiger partial charge is 0.494 e. The highest BCUT2D eigenvalue weighted by Crippen LogP contribution is 2.36. The summed E-state index contributed by atoms with van der Waals surface area (Å²) in [5.74, 6) is 1.38. The van der Waals surface area contributed by atoms with E-state index in [-0.39, 0.29) is 5.57 Å². The van der Waals surface area contributed by atoms with Crippen LogP contribution in [0.15, 0.2) is 84.4 Å². The second-order valence-electron chi connectivity index (χ2n) is 8.27. The molecule has 4 aromatic rings. The number of hydrogen-bond donors (Lipinski definition) is 1. The van der Waals surface area contributed by atoms with Crippen molar-refractivity contribution in [1.82, 2.24) is 0 Å². The van der Waals surface area contributed by atoms with Crippen LogP contribution in [-0.2, 0) is 11.4 Å². The van der Waals surface area contributed by atoms with E-state index < -0.39 is 5.91 Å². The van der Waals surface area contributed by atoms with Crippen molar-refractivity contribution in [3.63, 3.8) is 0 Å². The Labute approximate surface area is 236 Å². The highest BCUT2D eigenvalue weighted by molar-refractivity contribution is 14.1. The zero-order valence-electron chi connectivity index (χ0n) is 21.2. The smallest absolute Gasteiger partial charge is 0.266 e. The number of nitrogens with zero attached hydrogens (tertiary/aromatic N) is 1. The minimum absolute atomic E-state index is 0.0263. The molecule has 0 unspecified atom stereocenters. The fraction of sp³-hybridized carbons (Fsp3) is 0.161. The molecule has 7 heteroatoms. The van der Waals surface area contributed by atoms with Crippen molar-refractivity contribution in [3.8, 4) is 23.3 Å². The molecular formula is C31H27IN2O4. The Morgan fingerprint density at radius 3 is 2.42 bits per heavy atom. The van der Waals surface area contributed by atoms with Crippen molar-refractivity contribution in [2.45, 2.75) is 20.5 Å². The maximum Gasteiger partial charge on any atom is 0.266 e. The summed E-state index contributed by atoms with van der Waals surface area (Å²) in [6.07, 6.45) is 1.54. The van der Waals surface area contributed by atoms with Crippen molar-refractivity contribution < 1.29 is 19.0 Å². The molecule has 0 bridgehead atoms. The van der Waals surface area contributed by atoms with Crippen LogP contribution in [0.25, 0.3) is 16.8 Å². The Bertz CT molecular complexity index is 1500. The Kier molecular flexibility index (Phi) is 9.22. The second-order valence-corrected chi connectivity index (χ2v) is 9.43. The first-order valence-corrected chi connectivity index (χ1v) is 13.3. The molecular weight excluding hydrogens is 591 g/mol. The molecule has 0 fully saturated rings. The third-order valence-electron chi connectivity index (χ3n) is 5.68. The van der Waals surface area contributed by atoms with E-state index in [1.165, 1.54) is 0 Å². The minimum atomic E-state index is -0.499. The molecule has 0 aromatic heterocycles. The zero-order chi connectivity index (χ0) is 26.9.